The normalized spacial score (nSPS) is 15.0. The maximum Gasteiger partial charge on any atom is 0.240 e. The Balaban J connectivity index is 2.08. The van der Waals surface area contributed by atoms with Crippen molar-refractivity contribution in [3.05, 3.63) is 29.8 Å². The molecule has 0 saturated heterocycles. The second-order valence-electron chi connectivity index (χ2n) is 5.64. The largest absolute Gasteiger partial charge is 0.352 e. The topological polar surface area (TPSA) is 49.4 Å². The van der Waals surface area contributed by atoms with Crippen LogP contribution in [0.25, 0.3) is 0 Å². The second kappa shape index (κ2) is 7.25. The van der Waals surface area contributed by atoms with E-state index < -0.39 is 0 Å². The number of hydrogen-bond acceptors (Lipinski definition) is 2. The molecule has 0 aliphatic heterocycles. The van der Waals surface area contributed by atoms with Gasteiger partial charge in [-0.15, -0.1) is 0 Å². The van der Waals surface area contributed by atoms with Gasteiger partial charge < -0.3 is 10.2 Å². The molecule has 21 heavy (non-hydrogen) atoms. The molecule has 2 amide bonds. The van der Waals surface area contributed by atoms with Crippen LogP contribution < -0.4 is 10.2 Å². The Morgan fingerprint density at radius 2 is 1.90 bits per heavy atom. The zero-order chi connectivity index (χ0) is 15.2. The molecule has 0 atom stereocenters. The van der Waals surface area contributed by atoms with Gasteiger partial charge in [-0.1, -0.05) is 38.0 Å². The number of hydrogen-bond donors (Lipinski definition) is 1. The molecule has 2 rings (SSSR count). The van der Waals surface area contributed by atoms with Gasteiger partial charge in [0.05, 0.1) is 0 Å². The van der Waals surface area contributed by atoms with E-state index in [1.165, 1.54) is 19.8 Å². The average molecular weight is 288 g/mol. The summed E-state index contributed by atoms with van der Waals surface area (Å²) in [5.74, 6) is -0.166. The first-order chi connectivity index (χ1) is 10.1. The minimum absolute atomic E-state index is 0.0667. The van der Waals surface area contributed by atoms with E-state index in [0.29, 0.717) is 0 Å². The highest BCUT2D eigenvalue weighted by molar-refractivity contribution is 5.98. The maximum absolute atomic E-state index is 12.2. The van der Waals surface area contributed by atoms with Crippen LogP contribution in [0.15, 0.2) is 24.3 Å². The van der Waals surface area contributed by atoms with Crippen molar-refractivity contribution >= 4 is 17.5 Å². The number of aryl methyl sites for hydroxylation is 1. The van der Waals surface area contributed by atoms with E-state index in [9.17, 15) is 9.59 Å². The zero-order valence-electron chi connectivity index (χ0n) is 12.9. The summed E-state index contributed by atoms with van der Waals surface area (Å²) in [4.78, 5) is 25.7. The fourth-order valence-electron chi connectivity index (χ4n) is 2.93. The fraction of sp³-hybridized carbons (Fsp3) is 0.529. The summed E-state index contributed by atoms with van der Waals surface area (Å²) in [5.41, 5.74) is 1.93. The first kappa shape index (κ1) is 15.5. The van der Waals surface area contributed by atoms with Crippen molar-refractivity contribution in [3.63, 3.8) is 0 Å². The minimum atomic E-state index is -0.0996. The van der Waals surface area contributed by atoms with Crippen LogP contribution >= 0.6 is 0 Å². The zero-order valence-corrected chi connectivity index (χ0v) is 12.9. The molecule has 0 bridgehead atoms. The Labute approximate surface area is 126 Å². The van der Waals surface area contributed by atoms with E-state index in [2.05, 4.69) is 12.2 Å². The first-order valence-corrected chi connectivity index (χ1v) is 7.77. The third-order valence-corrected chi connectivity index (χ3v) is 4.07. The number of anilines is 1. The van der Waals surface area contributed by atoms with Crippen LogP contribution in [-0.2, 0) is 16.0 Å². The maximum atomic E-state index is 12.2. The number of benzene rings is 1. The van der Waals surface area contributed by atoms with Crippen molar-refractivity contribution in [3.8, 4) is 0 Å². The quantitative estimate of drug-likeness (QED) is 0.905. The molecule has 0 heterocycles. The number of nitrogens with one attached hydrogen (secondary N) is 1. The summed E-state index contributed by atoms with van der Waals surface area (Å²) in [6, 6.07) is 8.05. The van der Waals surface area contributed by atoms with Gasteiger partial charge in [-0.25, -0.2) is 0 Å². The molecule has 1 aromatic carbocycles. The van der Waals surface area contributed by atoms with Gasteiger partial charge in [-0.2, -0.15) is 0 Å². The Kier molecular flexibility index (Phi) is 5.37. The number of rotatable bonds is 5. The van der Waals surface area contributed by atoms with Crippen LogP contribution in [0.2, 0.25) is 0 Å². The molecule has 0 radical (unpaired) electrons. The van der Waals surface area contributed by atoms with Crippen molar-refractivity contribution in [2.75, 3.05) is 11.4 Å². The van der Waals surface area contributed by atoms with E-state index in [4.69, 9.17) is 0 Å². The molecule has 1 aliphatic carbocycles. The van der Waals surface area contributed by atoms with E-state index >= 15 is 0 Å². The van der Waals surface area contributed by atoms with Gasteiger partial charge in [0.25, 0.3) is 0 Å². The van der Waals surface area contributed by atoms with Gasteiger partial charge in [0.15, 0.2) is 0 Å². The Hall–Kier alpha value is -1.84. The SMILES string of the molecule is CCc1ccccc1N(CC(=O)NC1CCCC1)C(C)=O. The fourth-order valence-corrected chi connectivity index (χ4v) is 2.93. The average Bonchev–Trinajstić information content (AvgIpc) is 2.97. The van der Waals surface area contributed by atoms with Crippen molar-refractivity contribution in [2.24, 2.45) is 0 Å². The molecule has 0 spiro atoms. The lowest BCUT2D eigenvalue weighted by Gasteiger charge is -2.24. The van der Waals surface area contributed by atoms with Gasteiger partial charge in [0.2, 0.25) is 11.8 Å². The Morgan fingerprint density at radius 1 is 1.24 bits per heavy atom. The summed E-state index contributed by atoms with van der Waals surface area (Å²) < 4.78 is 0. The van der Waals surface area contributed by atoms with Crippen LogP contribution in [0.3, 0.4) is 0 Å². The number of nitrogens with zero attached hydrogens (tertiary/aromatic N) is 1. The molecule has 4 nitrogen and oxygen atoms in total. The lowest BCUT2D eigenvalue weighted by atomic mass is 10.1. The van der Waals surface area contributed by atoms with E-state index in [1.54, 1.807) is 4.90 Å². The van der Waals surface area contributed by atoms with Gasteiger partial charge in [0.1, 0.15) is 6.54 Å². The molecular formula is C17H24N2O2. The Bertz CT molecular complexity index is 507. The highest BCUT2D eigenvalue weighted by atomic mass is 16.2. The predicted molar refractivity (Wildman–Crippen MR) is 84.2 cm³/mol. The standard InChI is InChI=1S/C17H24N2O2/c1-3-14-8-4-7-11-16(14)19(13(2)20)12-17(21)18-15-9-5-6-10-15/h4,7-8,11,15H,3,5-6,9-10,12H2,1-2H3,(H,18,21). The van der Waals surface area contributed by atoms with Crippen molar-refractivity contribution in [1.29, 1.82) is 0 Å². The molecule has 1 aromatic rings. The lowest BCUT2D eigenvalue weighted by molar-refractivity contribution is -0.123. The monoisotopic (exact) mass is 288 g/mol. The number of para-hydroxylation sites is 1. The summed E-state index contributed by atoms with van der Waals surface area (Å²) in [7, 11) is 0. The van der Waals surface area contributed by atoms with Crippen LogP contribution in [-0.4, -0.2) is 24.4 Å². The van der Waals surface area contributed by atoms with Gasteiger partial charge in [-0.05, 0) is 30.9 Å². The molecule has 114 valence electrons. The lowest BCUT2D eigenvalue weighted by Crippen LogP contribution is -2.43. The van der Waals surface area contributed by atoms with E-state index in [-0.39, 0.29) is 24.4 Å². The van der Waals surface area contributed by atoms with Crippen molar-refractivity contribution < 1.29 is 9.59 Å². The van der Waals surface area contributed by atoms with E-state index in [0.717, 1.165) is 30.5 Å². The van der Waals surface area contributed by atoms with Gasteiger partial charge >= 0.3 is 0 Å². The van der Waals surface area contributed by atoms with Crippen LogP contribution in [0.5, 0.6) is 0 Å². The predicted octanol–water partition coefficient (Wildman–Crippen LogP) is 2.66. The van der Waals surface area contributed by atoms with Gasteiger partial charge in [0, 0.05) is 18.7 Å². The number of carbonyl (C=O) groups excluding carboxylic acids is 2. The third kappa shape index (κ3) is 4.06. The Morgan fingerprint density at radius 3 is 2.52 bits per heavy atom. The highest BCUT2D eigenvalue weighted by Gasteiger charge is 2.21. The molecule has 0 unspecified atom stereocenters. The van der Waals surface area contributed by atoms with Crippen LogP contribution in [0, 0.1) is 0 Å². The molecule has 1 saturated carbocycles. The summed E-state index contributed by atoms with van der Waals surface area (Å²) in [6.45, 7) is 3.66. The molecule has 4 heteroatoms. The van der Waals surface area contributed by atoms with Crippen LogP contribution in [0.4, 0.5) is 5.69 Å². The van der Waals surface area contributed by atoms with Crippen LogP contribution in [0.1, 0.15) is 45.1 Å². The molecule has 1 N–H and O–H groups in total. The summed E-state index contributed by atoms with van der Waals surface area (Å²) in [5, 5.41) is 3.04. The van der Waals surface area contributed by atoms with E-state index in [1.807, 2.05) is 24.3 Å². The summed E-state index contributed by atoms with van der Waals surface area (Å²) in [6.07, 6.45) is 5.30. The molecule has 1 aliphatic rings. The molecular weight excluding hydrogens is 264 g/mol. The minimum Gasteiger partial charge on any atom is -0.352 e. The third-order valence-electron chi connectivity index (χ3n) is 4.07. The van der Waals surface area contributed by atoms with Crippen molar-refractivity contribution in [2.45, 2.75) is 52.0 Å². The smallest absolute Gasteiger partial charge is 0.240 e. The second-order valence-corrected chi connectivity index (χ2v) is 5.64. The van der Waals surface area contributed by atoms with Gasteiger partial charge in [-0.3, -0.25) is 9.59 Å². The molecule has 0 aromatic heterocycles. The number of amides is 2. The molecule has 1 fully saturated rings. The first-order valence-electron chi connectivity index (χ1n) is 7.77. The van der Waals surface area contributed by atoms with Crippen molar-refractivity contribution in [1.82, 2.24) is 5.32 Å². The highest BCUT2D eigenvalue weighted by Crippen LogP contribution is 2.21. The summed E-state index contributed by atoms with van der Waals surface area (Å²) >= 11 is 0. The number of carbonyl (C=O) groups is 2.